The Morgan fingerprint density at radius 3 is 1.57 bits per heavy atom. The summed E-state index contributed by atoms with van der Waals surface area (Å²) in [7, 11) is -8.87. The summed E-state index contributed by atoms with van der Waals surface area (Å²) in [5.41, 5.74) is 12.1. The molecule has 0 bridgehead atoms. The zero-order valence-corrected chi connectivity index (χ0v) is 38.3. The summed E-state index contributed by atoms with van der Waals surface area (Å²) in [6.07, 6.45) is 6.70. The van der Waals surface area contributed by atoms with Crippen LogP contribution in [0.2, 0.25) is 0 Å². The maximum Gasteiger partial charge on any atom is 0.297 e. The average Bonchev–Trinajstić information content (AvgIpc) is 3.79. The number of hydrogen-bond donors (Lipinski definition) is 2. The molecule has 322 valence electrons. The predicted molar refractivity (Wildman–Crippen MR) is 237 cm³/mol. The maximum atomic E-state index is 12.3. The molecule has 61 heavy (non-hydrogen) atoms. The second kappa shape index (κ2) is 16.8. The molecular weight excluding hydrogens is 899 g/mol. The Hall–Kier alpha value is -4.23. The summed E-state index contributed by atoms with van der Waals surface area (Å²) in [5.74, 6) is 0. The van der Waals surface area contributed by atoms with E-state index in [2.05, 4.69) is 59.3 Å². The van der Waals surface area contributed by atoms with E-state index in [1.165, 1.54) is 28.2 Å². The van der Waals surface area contributed by atoms with Crippen LogP contribution in [-0.4, -0.2) is 62.1 Å². The van der Waals surface area contributed by atoms with E-state index in [1.807, 2.05) is 32.9 Å². The van der Waals surface area contributed by atoms with E-state index in [0.29, 0.717) is 34.2 Å². The number of thiazole rings is 2. The molecule has 0 radical (unpaired) electrons. The first-order valence-electron chi connectivity index (χ1n) is 20.0. The molecule has 2 N–H and O–H groups in total. The van der Waals surface area contributed by atoms with E-state index >= 15 is 0 Å². The number of hydrogen-bond acceptors (Lipinski definition) is 14. The van der Waals surface area contributed by atoms with E-state index in [9.17, 15) is 25.9 Å². The van der Waals surface area contributed by atoms with E-state index < -0.39 is 20.2 Å². The molecule has 0 spiro atoms. The normalized spacial score (nSPS) is 16.2. The van der Waals surface area contributed by atoms with Gasteiger partial charge in [-0.05, 0) is 154 Å². The molecule has 2 aromatic heterocycles. The standard InChI is InChI=1S/2C21H22N4O3S2.Ni/c1-12-9-16-18(10-13(12)2)29-21(22-16)24-23-17-11-14-5-3-7-25-8-4-6-15(19(14)25)20(17)30(26,27)28;1-12-9-13(2)19-16(10-12)22-21(29-19)24-23-17-11-14-5-3-7-25-8-4-6-15(18(14)25)20(17)30(26,27)28;/h2*9-11H,3-8H2,1-2H3,(H,26,27,28);. The van der Waals surface area contributed by atoms with E-state index in [1.54, 1.807) is 12.1 Å². The minimum Gasteiger partial charge on any atom is -0.371 e. The molecule has 6 aromatic rings. The fourth-order valence-corrected chi connectivity index (χ4v) is 12.6. The largest absolute Gasteiger partial charge is 0.371 e. The van der Waals surface area contributed by atoms with Gasteiger partial charge in [-0.2, -0.15) is 16.8 Å². The maximum absolute atomic E-state index is 12.3. The quantitative estimate of drug-likeness (QED) is 0.0923. The summed E-state index contributed by atoms with van der Waals surface area (Å²) >= 11 is 2.84. The summed E-state index contributed by atoms with van der Waals surface area (Å²) in [6.45, 7) is 11.8. The Bertz CT molecular complexity index is 2990. The van der Waals surface area contributed by atoms with Gasteiger partial charge in [0.05, 0.1) is 20.4 Å². The molecule has 0 saturated heterocycles. The topological polar surface area (TPSA) is 190 Å². The van der Waals surface area contributed by atoms with Gasteiger partial charge in [0.15, 0.2) is 0 Å². The molecule has 19 heteroatoms. The molecule has 0 fully saturated rings. The van der Waals surface area contributed by atoms with Crippen LogP contribution in [0.1, 0.15) is 70.2 Å². The zero-order chi connectivity index (χ0) is 42.1. The third-order valence-electron chi connectivity index (χ3n) is 11.7. The second-order valence-electron chi connectivity index (χ2n) is 16.0. The fraction of sp³-hybridized carbons (Fsp3) is 0.381. The third-order valence-corrected chi connectivity index (χ3v) is 15.6. The van der Waals surface area contributed by atoms with Crippen LogP contribution < -0.4 is 9.80 Å². The first-order chi connectivity index (χ1) is 28.6. The van der Waals surface area contributed by atoms with Gasteiger partial charge in [-0.25, -0.2) is 9.97 Å². The van der Waals surface area contributed by atoms with Crippen LogP contribution in [0.5, 0.6) is 0 Å². The molecule has 0 unspecified atom stereocenters. The predicted octanol–water partition coefficient (Wildman–Crippen LogP) is 10.5. The Labute approximate surface area is 372 Å². The van der Waals surface area contributed by atoms with Gasteiger partial charge < -0.3 is 9.80 Å². The van der Waals surface area contributed by atoms with Crippen molar-refractivity contribution >= 4 is 96.4 Å². The number of aromatic nitrogens is 2. The average molecular weight is 944 g/mol. The minimum atomic E-state index is -4.44. The van der Waals surface area contributed by atoms with Gasteiger partial charge in [-0.3, -0.25) is 9.11 Å². The van der Waals surface area contributed by atoms with Crippen molar-refractivity contribution in [1.82, 2.24) is 9.97 Å². The zero-order valence-electron chi connectivity index (χ0n) is 34.0. The molecule has 0 amide bonds. The molecule has 6 heterocycles. The van der Waals surface area contributed by atoms with Crippen LogP contribution in [-0.2, 0) is 62.4 Å². The van der Waals surface area contributed by atoms with Crippen LogP contribution in [0.4, 0.5) is 33.0 Å². The molecule has 4 aliphatic heterocycles. The van der Waals surface area contributed by atoms with Gasteiger partial charge in [0, 0.05) is 54.0 Å². The van der Waals surface area contributed by atoms with Crippen molar-refractivity contribution in [3.05, 3.63) is 80.9 Å². The van der Waals surface area contributed by atoms with Gasteiger partial charge in [0.25, 0.3) is 20.2 Å². The van der Waals surface area contributed by atoms with Gasteiger partial charge in [-0.1, -0.05) is 28.7 Å². The Morgan fingerprint density at radius 2 is 1.05 bits per heavy atom. The number of azo groups is 2. The number of rotatable bonds is 6. The SMILES string of the molecule is Cc1cc(C)c2sc(N=Nc3cc4c5c(c3S(=O)(=O)O)CCCN5CCC4)nc2c1.Cc1cc2nc(N=Nc3cc4c5c(c3S(=O)(=O)O)CCCN5CCC4)sc2cc1C.[Ni]. The number of nitrogens with zero attached hydrogens (tertiary/aromatic N) is 8. The van der Waals surface area contributed by atoms with Crippen molar-refractivity contribution < 1.29 is 42.4 Å². The number of benzene rings is 4. The van der Waals surface area contributed by atoms with Crippen LogP contribution >= 0.6 is 22.7 Å². The summed E-state index contributed by atoms with van der Waals surface area (Å²) in [6, 6.07) is 11.7. The Balaban J connectivity index is 0.000000166. The summed E-state index contributed by atoms with van der Waals surface area (Å²) in [5, 5.41) is 18.0. The molecule has 10 rings (SSSR count). The van der Waals surface area contributed by atoms with Gasteiger partial charge in [-0.15, -0.1) is 20.5 Å². The second-order valence-corrected chi connectivity index (χ2v) is 20.7. The van der Waals surface area contributed by atoms with Crippen molar-refractivity contribution in [2.75, 3.05) is 36.0 Å². The van der Waals surface area contributed by atoms with Crippen molar-refractivity contribution in [3.63, 3.8) is 0 Å². The van der Waals surface area contributed by atoms with Crippen molar-refractivity contribution in [2.45, 2.75) is 88.9 Å². The van der Waals surface area contributed by atoms with Gasteiger partial charge >= 0.3 is 0 Å². The minimum absolute atomic E-state index is 0. The van der Waals surface area contributed by atoms with Crippen LogP contribution in [0.15, 0.2) is 66.6 Å². The fourth-order valence-electron chi connectivity index (χ4n) is 9.16. The van der Waals surface area contributed by atoms with Crippen LogP contribution in [0.3, 0.4) is 0 Å². The summed E-state index contributed by atoms with van der Waals surface area (Å²) < 4.78 is 71.3. The molecule has 4 aliphatic rings. The van der Waals surface area contributed by atoms with Crippen molar-refractivity contribution in [2.24, 2.45) is 20.5 Å². The van der Waals surface area contributed by atoms with Crippen LogP contribution in [0, 0.1) is 27.7 Å². The number of anilines is 2. The molecule has 0 saturated carbocycles. The van der Waals surface area contributed by atoms with E-state index in [-0.39, 0.29) is 37.7 Å². The van der Waals surface area contributed by atoms with Crippen LogP contribution in [0.25, 0.3) is 20.4 Å². The van der Waals surface area contributed by atoms with E-state index in [0.717, 1.165) is 124 Å². The number of fused-ring (bicyclic) bond motifs is 2. The van der Waals surface area contributed by atoms with Gasteiger partial charge in [0.1, 0.15) is 21.2 Å². The van der Waals surface area contributed by atoms with E-state index in [4.69, 9.17) is 0 Å². The molecule has 4 aromatic carbocycles. The smallest absolute Gasteiger partial charge is 0.297 e. The number of aryl methyl sites for hydroxylation is 6. The van der Waals surface area contributed by atoms with Crippen molar-refractivity contribution in [3.8, 4) is 0 Å². The first-order valence-corrected chi connectivity index (χ1v) is 24.5. The first kappa shape index (κ1) is 43.4. The molecular formula is C42H44N8NiO6S4. The molecule has 0 atom stereocenters. The monoisotopic (exact) mass is 942 g/mol. The summed E-state index contributed by atoms with van der Waals surface area (Å²) in [4.78, 5) is 13.3. The Morgan fingerprint density at radius 1 is 0.574 bits per heavy atom. The Kier molecular flexibility index (Phi) is 12.0. The third kappa shape index (κ3) is 8.50. The molecule has 0 aliphatic carbocycles. The van der Waals surface area contributed by atoms with Gasteiger partial charge in [0.2, 0.25) is 10.3 Å². The molecule has 14 nitrogen and oxygen atoms in total. The van der Waals surface area contributed by atoms with Crippen molar-refractivity contribution in [1.29, 1.82) is 0 Å².